The Morgan fingerprint density at radius 3 is 2.32 bits per heavy atom. The number of hydrogen-bond acceptors (Lipinski definition) is 3. The maximum absolute atomic E-state index is 4.95. The molecule has 2 heterocycles. The van der Waals surface area contributed by atoms with Crippen molar-refractivity contribution in [3.8, 4) is 22.3 Å². The quantitative estimate of drug-likeness (QED) is 0.184. The van der Waals surface area contributed by atoms with E-state index in [2.05, 4.69) is 113 Å². The summed E-state index contributed by atoms with van der Waals surface area (Å²) in [6.07, 6.45) is 8.91. The molecule has 1 aliphatic rings. The minimum atomic E-state index is 0.803. The molecule has 1 fully saturated rings. The first-order valence-corrected chi connectivity index (χ1v) is 15.8. The van der Waals surface area contributed by atoms with Crippen LogP contribution in [0.15, 0.2) is 114 Å². The van der Waals surface area contributed by atoms with Crippen molar-refractivity contribution in [2.24, 2.45) is 5.92 Å². The van der Waals surface area contributed by atoms with Crippen molar-refractivity contribution in [2.75, 3.05) is 11.9 Å². The summed E-state index contributed by atoms with van der Waals surface area (Å²) >= 11 is 1.87. The first-order chi connectivity index (χ1) is 20.3. The van der Waals surface area contributed by atoms with E-state index in [1.54, 1.807) is 0 Å². The monoisotopic (exact) mass is 553 g/mol. The van der Waals surface area contributed by atoms with Crippen molar-refractivity contribution in [1.82, 2.24) is 9.97 Å². The predicted octanol–water partition coefficient (Wildman–Crippen LogP) is 10.3. The third-order valence-electron chi connectivity index (χ3n) is 8.41. The van der Waals surface area contributed by atoms with Crippen LogP contribution in [0.25, 0.3) is 44.2 Å². The molecule has 2 N–H and O–H groups in total. The molecule has 0 radical (unpaired) electrons. The number of anilines is 1. The van der Waals surface area contributed by atoms with Gasteiger partial charge in [0.15, 0.2) is 0 Å². The molecular formula is C37H35N3S. The molecule has 0 amide bonds. The van der Waals surface area contributed by atoms with E-state index in [0.29, 0.717) is 0 Å². The number of hydrogen-bond donors (Lipinski definition) is 2. The van der Waals surface area contributed by atoms with E-state index in [9.17, 15) is 0 Å². The van der Waals surface area contributed by atoms with E-state index in [0.717, 1.165) is 34.9 Å². The molecule has 0 spiro atoms. The molecule has 6 aromatic rings. The molecule has 7 rings (SSSR count). The van der Waals surface area contributed by atoms with Gasteiger partial charge < -0.3 is 10.3 Å². The molecule has 1 aliphatic carbocycles. The SMILES string of the molecule is c1ccc(SCc2ccc3[nH]c4ncc(-c5ccc(NCC6CCCCC6)cc5)c(-c5ccccc5)c4c3c2)cc1. The molecule has 4 heteroatoms. The third-order valence-corrected chi connectivity index (χ3v) is 9.50. The van der Waals surface area contributed by atoms with Crippen LogP contribution in [0.3, 0.4) is 0 Å². The van der Waals surface area contributed by atoms with Gasteiger partial charge in [0, 0.05) is 56.5 Å². The lowest BCUT2D eigenvalue weighted by atomic mass is 9.89. The van der Waals surface area contributed by atoms with Crippen molar-refractivity contribution < 1.29 is 0 Å². The summed E-state index contributed by atoms with van der Waals surface area (Å²) in [6.45, 7) is 1.07. The number of H-pyrrole nitrogens is 1. The zero-order valence-corrected chi connectivity index (χ0v) is 24.1. The summed E-state index contributed by atoms with van der Waals surface area (Å²) in [5, 5.41) is 6.11. The molecule has 4 aromatic carbocycles. The summed E-state index contributed by atoms with van der Waals surface area (Å²) in [6, 6.07) is 37.1. The van der Waals surface area contributed by atoms with Gasteiger partial charge in [0.2, 0.25) is 0 Å². The number of rotatable bonds is 8. The highest BCUT2D eigenvalue weighted by Gasteiger charge is 2.18. The van der Waals surface area contributed by atoms with Gasteiger partial charge in [-0.1, -0.05) is 86.0 Å². The predicted molar refractivity (Wildman–Crippen MR) is 176 cm³/mol. The van der Waals surface area contributed by atoms with E-state index in [-0.39, 0.29) is 0 Å². The second-order valence-corrected chi connectivity index (χ2v) is 12.3. The molecule has 0 unspecified atom stereocenters. The van der Waals surface area contributed by atoms with E-state index >= 15 is 0 Å². The van der Waals surface area contributed by atoms with Crippen molar-refractivity contribution in [3.05, 3.63) is 115 Å². The van der Waals surface area contributed by atoms with Crippen molar-refractivity contribution >= 4 is 39.4 Å². The van der Waals surface area contributed by atoms with Gasteiger partial charge in [0.1, 0.15) is 5.65 Å². The Morgan fingerprint density at radius 2 is 1.54 bits per heavy atom. The number of benzene rings is 4. The lowest BCUT2D eigenvalue weighted by Gasteiger charge is -2.22. The number of fused-ring (bicyclic) bond motifs is 3. The number of nitrogens with one attached hydrogen (secondary N) is 2. The van der Waals surface area contributed by atoms with Crippen LogP contribution in [-0.4, -0.2) is 16.5 Å². The van der Waals surface area contributed by atoms with Gasteiger partial charge in [-0.05, 0) is 71.8 Å². The molecule has 3 nitrogen and oxygen atoms in total. The van der Waals surface area contributed by atoms with E-state index in [4.69, 9.17) is 4.98 Å². The van der Waals surface area contributed by atoms with Crippen LogP contribution in [0.4, 0.5) is 5.69 Å². The fourth-order valence-electron chi connectivity index (χ4n) is 6.22. The second-order valence-electron chi connectivity index (χ2n) is 11.2. The number of pyridine rings is 1. The highest BCUT2D eigenvalue weighted by atomic mass is 32.2. The van der Waals surface area contributed by atoms with Gasteiger partial charge in [-0.25, -0.2) is 4.98 Å². The standard InChI is InChI=1S/C37H35N3S/c1-4-10-26(11-5-1)23-38-30-19-17-28(18-20-30)33-24-39-37-36(35(33)29-12-6-2-7-13-29)32-22-27(16-21-34(32)40-37)25-41-31-14-8-3-9-15-31/h2-3,6-9,12-22,24,26,38H,1,4-5,10-11,23,25H2,(H,39,40). The summed E-state index contributed by atoms with van der Waals surface area (Å²) in [5.41, 5.74) is 9.35. The highest BCUT2D eigenvalue weighted by Crippen LogP contribution is 2.41. The summed E-state index contributed by atoms with van der Waals surface area (Å²) in [4.78, 5) is 9.83. The highest BCUT2D eigenvalue weighted by molar-refractivity contribution is 7.98. The normalized spacial score (nSPS) is 14.0. The van der Waals surface area contributed by atoms with Gasteiger partial charge in [0.05, 0.1) is 0 Å². The van der Waals surface area contributed by atoms with Crippen LogP contribution >= 0.6 is 11.8 Å². The molecule has 2 aromatic heterocycles. The fraction of sp³-hybridized carbons (Fsp3) is 0.216. The molecule has 0 atom stereocenters. The minimum Gasteiger partial charge on any atom is -0.385 e. The van der Waals surface area contributed by atoms with E-state index in [1.165, 1.54) is 75.7 Å². The Kier molecular flexibility index (Phi) is 7.48. The second kappa shape index (κ2) is 11.8. The Labute approximate surface area is 246 Å². The molecule has 1 saturated carbocycles. The van der Waals surface area contributed by atoms with Crippen LogP contribution in [0, 0.1) is 5.92 Å². The van der Waals surface area contributed by atoms with Gasteiger partial charge in [-0.15, -0.1) is 11.8 Å². The van der Waals surface area contributed by atoms with Crippen LogP contribution in [0.1, 0.15) is 37.7 Å². The number of nitrogens with zero attached hydrogens (tertiary/aromatic N) is 1. The molecular weight excluding hydrogens is 518 g/mol. The fourth-order valence-corrected chi connectivity index (χ4v) is 7.08. The Hall–Kier alpha value is -4.02. The first-order valence-electron chi connectivity index (χ1n) is 14.8. The van der Waals surface area contributed by atoms with E-state index in [1.807, 2.05) is 18.0 Å². The van der Waals surface area contributed by atoms with Crippen LogP contribution in [-0.2, 0) is 5.75 Å². The maximum Gasteiger partial charge on any atom is 0.138 e. The summed E-state index contributed by atoms with van der Waals surface area (Å²) in [7, 11) is 0. The average Bonchev–Trinajstić information content (AvgIpc) is 3.42. The Balaban J connectivity index is 1.26. The lowest BCUT2D eigenvalue weighted by Crippen LogP contribution is -2.16. The Morgan fingerprint density at radius 1 is 0.780 bits per heavy atom. The van der Waals surface area contributed by atoms with Crippen LogP contribution in [0.2, 0.25) is 0 Å². The third kappa shape index (κ3) is 5.62. The van der Waals surface area contributed by atoms with Crippen LogP contribution < -0.4 is 5.32 Å². The zero-order chi connectivity index (χ0) is 27.4. The maximum atomic E-state index is 4.95. The summed E-state index contributed by atoms with van der Waals surface area (Å²) in [5.74, 6) is 1.73. The van der Waals surface area contributed by atoms with Gasteiger partial charge >= 0.3 is 0 Å². The first kappa shape index (κ1) is 25.9. The zero-order valence-electron chi connectivity index (χ0n) is 23.3. The number of aromatic nitrogens is 2. The summed E-state index contributed by atoms with van der Waals surface area (Å²) < 4.78 is 0. The van der Waals surface area contributed by atoms with Gasteiger partial charge in [0.25, 0.3) is 0 Å². The number of thioether (sulfide) groups is 1. The molecule has 0 bridgehead atoms. The molecule has 0 saturated heterocycles. The minimum absolute atomic E-state index is 0.803. The largest absolute Gasteiger partial charge is 0.385 e. The van der Waals surface area contributed by atoms with Gasteiger partial charge in [-0.2, -0.15) is 0 Å². The lowest BCUT2D eigenvalue weighted by molar-refractivity contribution is 0.373. The molecule has 41 heavy (non-hydrogen) atoms. The van der Waals surface area contributed by atoms with E-state index < -0.39 is 0 Å². The van der Waals surface area contributed by atoms with Crippen molar-refractivity contribution in [2.45, 2.75) is 42.8 Å². The topological polar surface area (TPSA) is 40.7 Å². The smallest absolute Gasteiger partial charge is 0.138 e. The molecule has 0 aliphatic heterocycles. The Bertz CT molecular complexity index is 1750. The van der Waals surface area contributed by atoms with Gasteiger partial charge in [-0.3, -0.25) is 0 Å². The number of aromatic amines is 1. The molecule has 204 valence electrons. The van der Waals surface area contributed by atoms with Crippen molar-refractivity contribution in [1.29, 1.82) is 0 Å². The van der Waals surface area contributed by atoms with Crippen LogP contribution in [0.5, 0.6) is 0 Å². The average molecular weight is 554 g/mol. The van der Waals surface area contributed by atoms with Crippen molar-refractivity contribution in [3.63, 3.8) is 0 Å².